The highest BCUT2D eigenvalue weighted by Gasteiger charge is 2.18. The Hall–Kier alpha value is -4.28. The van der Waals surface area contributed by atoms with Gasteiger partial charge in [0.25, 0.3) is 0 Å². The Balaban J connectivity index is 1.75. The molecule has 29 heavy (non-hydrogen) atoms. The number of rotatable bonds is 5. The topological polar surface area (TPSA) is 145 Å². The molecule has 0 bridgehead atoms. The van der Waals surface area contributed by atoms with Gasteiger partial charge in [-0.05, 0) is 12.1 Å². The highest BCUT2D eigenvalue weighted by molar-refractivity contribution is 5.86. The lowest BCUT2D eigenvalue weighted by Crippen LogP contribution is -2.11. The highest BCUT2D eigenvalue weighted by Crippen LogP contribution is 2.26. The van der Waals surface area contributed by atoms with Crippen molar-refractivity contribution in [3.63, 3.8) is 0 Å². The maximum atomic E-state index is 14.1. The summed E-state index contributed by atoms with van der Waals surface area (Å²) < 4.78 is 20.6. The van der Waals surface area contributed by atoms with Crippen LogP contribution in [-0.4, -0.2) is 36.1 Å². The Morgan fingerprint density at radius 2 is 2.10 bits per heavy atom. The van der Waals surface area contributed by atoms with Gasteiger partial charge in [0.1, 0.15) is 29.2 Å². The van der Waals surface area contributed by atoms with Crippen molar-refractivity contribution in [2.24, 2.45) is 0 Å². The van der Waals surface area contributed by atoms with E-state index in [2.05, 4.69) is 25.5 Å². The first-order chi connectivity index (χ1) is 14.0. The van der Waals surface area contributed by atoms with Gasteiger partial charge in [-0.15, -0.1) is 0 Å². The fourth-order valence-electron chi connectivity index (χ4n) is 2.72. The molecule has 0 aliphatic carbocycles. The summed E-state index contributed by atoms with van der Waals surface area (Å²) in [6.07, 6.45) is 1.38. The van der Waals surface area contributed by atoms with Crippen LogP contribution in [0.5, 0.6) is 0 Å². The molecule has 4 rings (SSSR count). The number of halogens is 1. The monoisotopic (exact) mass is 395 g/mol. The van der Waals surface area contributed by atoms with Crippen molar-refractivity contribution in [2.45, 2.75) is 6.54 Å². The number of benzene rings is 1. The summed E-state index contributed by atoms with van der Waals surface area (Å²) in [5, 5.41) is 19.3. The van der Waals surface area contributed by atoms with Crippen LogP contribution in [0.3, 0.4) is 0 Å². The molecule has 146 valence electrons. The Morgan fingerprint density at radius 1 is 1.28 bits per heavy atom. The van der Waals surface area contributed by atoms with E-state index in [1.807, 2.05) is 0 Å². The second-order valence-electron chi connectivity index (χ2n) is 5.97. The van der Waals surface area contributed by atoms with E-state index in [0.29, 0.717) is 22.6 Å². The predicted molar refractivity (Wildman–Crippen MR) is 100 cm³/mol. The fourth-order valence-corrected chi connectivity index (χ4v) is 2.72. The van der Waals surface area contributed by atoms with Crippen LogP contribution in [0.4, 0.5) is 20.7 Å². The number of hydrogen-bond donors (Lipinski definition) is 3. The number of nitrogen functional groups attached to an aromatic ring is 1. The number of nitrogens with two attached hydrogens (primary N) is 1. The van der Waals surface area contributed by atoms with Gasteiger partial charge in [-0.2, -0.15) is 5.10 Å². The number of hydrogen-bond acceptors (Lipinski definition) is 7. The van der Waals surface area contributed by atoms with E-state index < -0.39 is 6.09 Å². The molecule has 4 aromatic rings. The number of nitrogens with zero attached hydrogens (tertiary/aromatic N) is 5. The van der Waals surface area contributed by atoms with Crippen LogP contribution in [0.1, 0.15) is 5.56 Å². The van der Waals surface area contributed by atoms with Crippen LogP contribution in [0.25, 0.3) is 22.9 Å². The third kappa shape index (κ3) is 3.74. The summed E-state index contributed by atoms with van der Waals surface area (Å²) in [6.45, 7) is 0.142. The highest BCUT2D eigenvalue weighted by atomic mass is 19.1. The SMILES string of the molecule is Nc1nc(-c2cc(-c3ccon3)n(Cc3ccccc3F)n2)ncc1NC(=O)O. The molecular formula is C18H14FN7O3. The van der Waals surface area contributed by atoms with Crippen molar-refractivity contribution >= 4 is 17.6 Å². The van der Waals surface area contributed by atoms with Crippen molar-refractivity contribution in [1.82, 2.24) is 24.9 Å². The second-order valence-corrected chi connectivity index (χ2v) is 5.97. The summed E-state index contributed by atoms with van der Waals surface area (Å²) in [5.74, 6) is -0.236. The first kappa shape index (κ1) is 18.1. The predicted octanol–water partition coefficient (Wildman–Crippen LogP) is 2.85. The minimum absolute atomic E-state index is 0.0518. The van der Waals surface area contributed by atoms with E-state index in [1.165, 1.54) is 18.5 Å². The second kappa shape index (κ2) is 7.38. The van der Waals surface area contributed by atoms with Crippen LogP contribution >= 0.6 is 0 Å². The normalized spacial score (nSPS) is 10.8. The number of nitrogens with one attached hydrogen (secondary N) is 1. The zero-order chi connectivity index (χ0) is 20.4. The van der Waals surface area contributed by atoms with Crippen molar-refractivity contribution in [2.75, 3.05) is 11.1 Å². The van der Waals surface area contributed by atoms with Crippen LogP contribution < -0.4 is 11.1 Å². The lowest BCUT2D eigenvalue weighted by atomic mass is 10.2. The van der Waals surface area contributed by atoms with Crippen molar-refractivity contribution in [3.8, 4) is 22.9 Å². The average molecular weight is 395 g/mol. The summed E-state index contributed by atoms with van der Waals surface area (Å²) in [5.41, 5.74) is 7.71. The van der Waals surface area contributed by atoms with Gasteiger partial charge in [0.2, 0.25) is 0 Å². The molecule has 3 aromatic heterocycles. The van der Waals surface area contributed by atoms with Crippen molar-refractivity contribution < 1.29 is 18.8 Å². The summed E-state index contributed by atoms with van der Waals surface area (Å²) in [7, 11) is 0. The van der Waals surface area contributed by atoms with E-state index in [4.69, 9.17) is 15.4 Å². The van der Waals surface area contributed by atoms with Gasteiger partial charge >= 0.3 is 6.09 Å². The Bertz CT molecular complexity index is 1170. The zero-order valence-corrected chi connectivity index (χ0v) is 14.8. The summed E-state index contributed by atoms with van der Waals surface area (Å²) in [6, 6.07) is 9.68. The van der Waals surface area contributed by atoms with E-state index in [9.17, 15) is 9.18 Å². The van der Waals surface area contributed by atoms with Crippen LogP contribution in [0, 0.1) is 5.82 Å². The summed E-state index contributed by atoms with van der Waals surface area (Å²) >= 11 is 0. The number of aromatic nitrogens is 5. The molecule has 11 heteroatoms. The first-order valence-corrected chi connectivity index (χ1v) is 8.36. The molecule has 0 unspecified atom stereocenters. The number of carbonyl (C=O) groups is 1. The third-order valence-electron chi connectivity index (χ3n) is 4.05. The molecule has 1 aromatic carbocycles. The van der Waals surface area contributed by atoms with E-state index >= 15 is 0 Å². The minimum Gasteiger partial charge on any atom is -0.465 e. The zero-order valence-electron chi connectivity index (χ0n) is 14.8. The van der Waals surface area contributed by atoms with E-state index in [1.54, 1.807) is 35.0 Å². The molecule has 3 heterocycles. The minimum atomic E-state index is -1.28. The lowest BCUT2D eigenvalue weighted by molar-refractivity contribution is 0.209. The molecule has 1 amide bonds. The van der Waals surface area contributed by atoms with E-state index in [0.717, 1.165) is 0 Å². The Kier molecular flexibility index (Phi) is 4.61. The Labute approximate surface area is 162 Å². The lowest BCUT2D eigenvalue weighted by Gasteiger charge is -2.06. The quantitative estimate of drug-likeness (QED) is 0.468. The van der Waals surface area contributed by atoms with E-state index in [-0.39, 0.29) is 29.7 Å². The van der Waals surface area contributed by atoms with Gasteiger partial charge in [0.15, 0.2) is 11.6 Å². The maximum Gasteiger partial charge on any atom is 0.409 e. The average Bonchev–Trinajstić information content (AvgIpc) is 3.34. The summed E-state index contributed by atoms with van der Waals surface area (Å²) in [4.78, 5) is 19.0. The van der Waals surface area contributed by atoms with Crippen LogP contribution in [0.2, 0.25) is 0 Å². The van der Waals surface area contributed by atoms with Crippen LogP contribution in [0.15, 0.2) is 53.4 Å². The molecule has 0 aliphatic rings. The van der Waals surface area contributed by atoms with Gasteiger partial charge in [0, 0.05) is 11.6 Å². The number of carboxylic acid groups (broad SMARTS) is 1. The molecule has 0 saturated heterocycles. The first-order valence-electron chi connectivity index (χ1n) is 8.36. The van der Waals surface area contributed by atoms with Gasteiger partial charge in [-0.25, -0.2) is 19.2 Å². The van der Waals surface area contributed by atoms with Gasteiger partial charge in [-0.1, -0.05) is 23.4 Å². The number of anilines is 2. The molecule has 0 fully saturated rings. The van der Waals surface area contributed by atoms with Gasteiger partial charge in [0.05, 0.1) is 18.4 Å². The molecule has 0 spiro atoms. The van der Waals surface area contributed by atoms with Crippen molar-refractivity contribution in [1.29, 1.82) is 0 Å². The maximum absolute atomic E-state index is 14.1. The molecule has 0 radical (unpaired) electrons. The molecule has 0 atom stereocenters. The molecular weight excluding hydrogens is 381 g/mol. The van der Waals surface area contributed by atoms with Gasteiger partial charge in [-0.3, -0.25) is 10.00 Å². The van der Waals surface area contributed by atoms with Crippen LogP contribution in [-0.2, 0) is 6.54 Å². The van der Waals surface area contributed by atoms with Crippen molar-refractivity contribution in [3.05, 3.63) is 60.2 Å². The Morgan fingerprint density at radius 3 is 2.79 bits per heavy atom. The molecule has 10 nitrogen and oxygen atoms in total. The molecule has 4 N–H and O–H groups in total. The number of amides is 1. The standard InChI is InChI=1S/C18H14FN7O3/c19-11-4-2-1-3-10(11)9-26-15(12-5-6-29-25-12)7-13(24-26)17-21-8-14(16(20)23-17)22-18(27)28/h1-8,22H,9H2,(H,27,28)(H2,20,21,23). The largest absolute Gasteiger partial charge is 0.465 e. The fraction of sp³-hybridized carbons (Fsp3) is 0.0556. The third-order valence-corrected chi connectivity index (χ3v) is 4.05. The van der Waals surface area contributed by atoms with Gasteiger partial charge < -0.3 is 15.4 Å². The molecule has 0 aliphatic heterocycles. The smallest absolute Gasteiger partial charge is 0.409 e. The molecule has 0 saturated carbocycles.